The fraction of sp³-hybridized carbons (Fsp3) is 0.130. The van der Waals surface area contributed by atoms with Gasteiger partial charge in [0.2, 0.25) is 5.91 Å². The zero-order valence-electron chi connectivity index (χ0n) is 16.0. The standard InChI is InChI=1S/C23H20ClN3O2S/c24-17-6-3-5-15(11-17)13-26-22(28)20(27-23(29)21-9-4-10-30-21)12-16-14-25-19-8-2-1-7-18(16)19/h1-11,14,20,25H,12-13H2,(H,26,28)(H,27,29). The highest BCUT2D eigenvalue weighted by atomic mass is 35.5. The van der Waals surface area contributed by atoms with Gasteiger partial charge in [-0.25, -0.2) is 0 Å². The number of hydrogen-bond acceptors (Lipinski definition) is 3. The minimum absolute atomic E-state index is 0.245. The maximum absolute atomic E-state index is 13.0. The van der Waals surface area contributed by atoms with Crippen LogP contribution in [0.1, 0.15) is 20.8 Å². The van der Waals surface area contributed by atoms with Crippen LogP contribution in [0.2, 0.25) is 5.02 Å². The average Bonchev–Trinajstić information content (AvgIpc) is 3.42. The summed E-state index contributed by atoms with van der Waals surface area (Å²) >= 11 is 7.37. The second-order valence-corrected chi connectivity index (χ2v) is 8.30. The topological polar surface area (TPSA) is 74.0 Å². The van der Waals surface area contributed by atoms with Gasteiger partial charge in [-0.2, -0.15) is 0 Å². The third-order valence-corrected chi connectivity index (χ3v) is 5.93. The van der Waals surface area contributed by atoms with Gasteiger partial charge < -0.3 is 15.6 Å². The molecule has 2 aromatic carbocycles. The molecule has 0 saturated heterocycles. The highest BCUT2D eigenvalue weighted by Crippen LogP contribution is 2.20. The molecule has 3 N–H and O–H groups in total. The van der Waals surface area contributed by atoms with E-state index in [9.17, 15) is 9.59 Å². The zero-order valence-corrected chi connectivity index (χ0v) is 17.6. The quantitative estimate of drug-likeness (QED) is 0.397. The second kappa shape index (κ2) is 9.15. The van der Waals surface area contributed by atoms with Crippen LogP contribution in [0.15, 0.2) is 72.2 Å². The Hall–Kier alpha value is -3.09. The first kappa shape index (κ1) is 20.2. The number of thiophene rings is 1. The number of carbonyl (C=O) groups is 2. The molecule has 1 atom stereocenters. The molecule has 0 saturated carbocycles. The maximum atomic E-state index is 13.0. The van der Waals surface area contributed by atoms with Gasteiger partial charge in [-0.1, -0.05) is 48.0 Å². The van der Waals surface area contributed by atoms with E-state index in [1.54, 1.807) is 18.2 Å². The molecular weight excluding hydrogens is 418 g/mol. The predicted molar refractivity (Wildman–Crippen MR) is 121 cm³/mol. The van der Waals surface area contributed by atoms with Crippen molar-refractivity contribution in [2.45, 2.75) is 19.0 Å². The van der Waals surface area contributed by atoms with E-state index in [2.05, 4.69) is 15.6 Å². The summed E-state index contributed by atoms with van der Waals surface area (Å²) in [5.41, 5.74) is 2.86. The molecule has 0 aliphatic rings. The number of halogens is 1. The summed E-state index contributed by atoms with van der Waals surface area (Å²) in [6, 6.07) is 18.1. The van der Waals surface area contributed by atoms with Crippen LogP contribution in [0.25, 0.3) is 10.9 Å². The largest absolute Gasteiger partial charge is 0.361 e. The lowest BCUT2D eigenvalue weighted by atomic mass is 10.0. The molecule has 0 radical (unpaired) electrons. The van der Waals surface area contributed by atoms with Crippen molar-refractivity contribution in [2.75, 3.05) is 0 Å². The van der Waals surface area contributed by atoms with E-state index >= 15 is 0 Å². The molecule has 2 amide bonds. The fourth-order valence-corrected chi connectivity index (χ4v) is 4.17. The van der Waals surface area contributed by atoms with Gasteiger partial charge in [-0.3, -0.25) is 9.59 Å². The van der Waals surface area contributed by atoms with Gasteiger partial charge in [-0.15, -0.1) is 11.3 Å². The molecule has 0 aliphatic carbocycles. The van der Waals surface area contributed by atoms with Gasteiger partial charge in [0.15, 0.2) is 0 Å². The Morgan fingerprint density at radius 3 is 2.73 bits per heavy atom. The number of benzene rings is 2. The SMILES string of the molecule is O=C(NC(Cc1c[nH]c2ccccc12)C(=O)NCc1cccc(Cl)c1)c1cccs1. The Balaban J connectivity index is 1.52. The van der Waals surface area contributed by atoms with Gasteiger partial charge in [0.25, 0.3) is 5.91 Å². The molecule has 0 aliphatic heterocycles. The Labute approximate surface area is 183 Å². The second-order valence-electron chi connectivity index (χ2n) is 6.91. The molecule has 4 aromatic rings. The van der Waals surface area contributed by atoms with Crippen molar-refractivity contribution in [3.63, 3.8) is 0 Å². The molecule has 4 rings (SSSR count). The normalized spacial score (nSPS) is 11.9. The van der Waals surface area contributed by atoms with Crippen LogP contribution < -0.4 is 10.6 Å². The molecule has 2 aromatic heterocycles. The van der Waals surface area contributed by atoms with Crippen molar-refractivity contribution < 1.29 is 9.59 Å². The molecule has 1 unspecified atom stereocenters. The highest BCUT2D eigenvalue weighted by molar-refractivity contribution is 7.12. The van der Waals surface area contributed by atoms with Gasteiger partial charge in [-0.05, 0) is 40.8 Å². The number of fused-ring (bicyclic) bond motifs is 1. The summed E-state index contributed by atoms with van der Waals surface area (Å²) < 4.78 is 0. The van der Waals surface area contributed by atoms with Crippen LogP contribution in [0, 0.1) is 0 Å². The fourth-order valence-electron chi connectivity index (χ4n) is 3.33. The van der Waals surface area contributed by atoms with Crippen LogP contribution in [0.3, 0.4) is 0 Å². The van der Waals surface area contributed by atoms with Crippen LogP contribution >= 0.6 is 22.9 Å². The molecule has 0 fully saturated rings. The first-order valence-electron chi connectivity index (χ1n) is 9.51. The van der Waals surface area contributed by atoms with Crippen molar-refractivity contribution in [2.24, 2.45) is 0 Å². The minimum atomic E-state index is -0.710. The first-order chi connectivity index (χ1) is 14.6. The van der Waals surface area contributed by atoms with Crippen LogP contribution in [0.5, 0.6) is 0 Å². The van der Waals surface area contributed by atoms with E-state index in [4.69, 9.17) is 11.6 Å². The number of H-pyrrole nitrogens is 1. The summed E-state index contributed by atoms with van der Waals surface area (Å²) in [4.78, 5) is 29.4. The van der Waals surface area contributed by atoms with Crippen molar-refractivity contribution in [3.05, 3.63) is 93.3 Å². The lowest BCUT2D eigenvalue weighted by molar-refractivity contribution is -0.123. The number of rotatable bonds is 7. The molecular formula is C23H20ClN3O2S. The first-order valence-corrected chi connectivity index (χ1v) is 10.8. The van der Waals surface area contributed by atoms with Gasteiger partial charge in [0.1, 0.15) is 6.04 Å². The van der Waals surface area contributed by atoms with Crippen LogP contribution in [0.4, 0.5) is 0 Å². The third kappa shape index (κ3) is 4.72. The Morgan fingerprint density at radius 2 is 1.93 bits per heavy atom. The van der Waals surface area contributed by atoms with E-state index in [1.165, 1.54) is 11.3 Å². The predicted octanol–water partition coefficient (Wildman–Crippen LogP) is 4.54. The number of amides is 2. The van der Waals surface area contributed by atoms with Gasteiger partial charge in [0.05, 0.1) is 4.88 Å². The lowest BCUT2D eigenvalue weighted by Gasteiger charge is -2.18. The molecule has 2 heterocycles. The number of aromatic amines is 1. The molecule has 152 valence electrons. The molecule has 7 heteroatoms. The van der Waals surface area contributed by atoms with E-state index in [1.807, 2.05) is 54.0 Å². The number of aromatic nitrogens is 1. The smallest absolute Gasteiger partial charge is 0.262 e. The van der Waals surface area contributed by atoms with E-state index in [-0.39, 0.29) is 11.8 Å². The van der Waals surface area contributed by atoms with E-state index in [0.29, 0.717) is 22.9 Å². The molecule has 5 nitrogen and oxygen atoms in total. The van der Waals surface area contributed by atoms with Crippen LogP contribution in [-0.2, 0) is 17.8 Å². The number of nitrogens with one attached hydrogen (secondary N) is 3. The van der Waals surface area contributed by atoms with Crippen LogP contribution in [-0.4, -0.2) is 22.8 Å². The average molecular weight is 438 g/mol. The summed E-state index contributed by atoms with van der Waals surface area (Å²) in [5.74, 6) is -0.502. The van der Waals surface area contributed by atoms with Crippen molar-refractivity contribution in [1.82, 2.24) is 15.6 Å². The zero-order chi connectivity index (χ0) is 20.9. The summed E-state index contributed by atoms with van der Waals surface area (Å²) in [7, 11) is 0. The number of hydrogen-bond donors (Lipinski definition) is 3. The summed E-state index contributed by atoms with van der Waals surface area (Å²) in [5, 5.41) is 9.30. The number of carbonyl (C=O) groups excluding carboxylic acids is 2. The summed E-state index contributed by atoms with van der Waals surface area (Å²) in [6.45, 7) is 0.332. The highest BCUT2D eigenvalue weighted by Gasteiger charge is 2.23. The van der Waals surface area contributed by atoms with E-state index in [0.717, 1.165) is 22.0 Å². The Kier molecular flexibility index (Phi) is 6.16. The van der Waals surface area contributed by atoms with Crippen molar-refractivity contribution in [1.29, 1.82) is 0 Å². The minimum Gasteiger partial charge on any atom is -0.361 e. The Bertz CT molecular complexity index is 1170. The van der Waals surface area contributed by atoms with Gasteiger partial charge in [0, 0.05) is 35.1 Å². The van der Waals surface area contributed by atoms with Crippen molar-refractivity contribution >= 4 is 45.7 Å². The lowest BCUT2D eigenvalue weighted by Crippen LogP contribution is -2.47. The molecule has 30 heavy (non-hydrogen) atoms. The van der Waals surface area contributed by atoms with E-state index < -0.39 is 6.04 Å². The van der Waals surface area contributed by atoms with Crippen molar-refractivity contribution in [3.8, 4) is 0 Å². The third-order valence-electron chi connectivity index (χ3n) is 4.82. The molecule has 0 bridgehead atoms. The summed E-state index contributed by atoms with van der Waals surface area (Å²) in [6.07, 6.45) is 2.27. The maximum Gasteiger partial charge on any atom is 0.262 e. The molecule has 0 spiro atoms. The Morgan fingerprint density at radius 1 is 1.07 bits per heavy atom. The van der Waals surface area contributed by atoms with Gasteiger partial charge >= 0.3 is 0 Å². The number of para-hydroxylation sites is 1. The monoisotopic (exact) mass is 437 g/mol.